The monoisotopic (exact) mass is 979 g/mol. The summed E-state index contributed by atoms with van der Waals surface area (Å²) in [5.74, 6) is 13.0. The van der Waals surface area contributed by atoms with E-state index in [4.69, 9.17) is 23.2 Å². The number of anilines is 8. The predicted molar refractivity (Wildman–Crippen MR) is 321 cm³/mol. The molecule has 0 atom stereocenters. The van der Waals surface area contributed by atoms with E-state index in [9.17, 15) is 0 Å². The average Bonchev–Trinajstić information content (AvgIpc) is 3.43. The van der Waals surface area contributed by atoms with E-state index in [0.717, 1.165) is 33.9 Å². The Morgan fingerprint density at radius 3 is 0.946 bits per heavy atom. The molecule has 0 aromatic heterocycles. The molecule has 0 unspecified atom stereocenters. The van der Waals surface area contributed by atoms with Crippen molar-refractivity contribution >= 4 is 56.9 Å². The van der Waals surface area contributed by atoms with Gasteiger partial charge in [-0.2, -0.15) is 0 Å². The smallest absolute Gasteiger partial charge is 0.0570 e. The van der Waals surface area contributed by atoms with Crippen molar-refractivity contribution in [1.29, 1.82) is 0 Å². The number of hydrogen-bond acceptors (Lipinski definition) is 8. The van der Waals surface area contributed by atoms with Gasteiger partial charge < -0.3 is 21.3 Å². The highest BCUT2D eigenvalue weighted by Gasteiger charge is 2.37. The van der Waals surface area contributed by atoms with E-state index in [1.54, 1.807) is 24.6 Å². The van der Waals surface area contributed by atoms with E-state index in [2.05, 4.69) is 172 Å². The molecule has 0 aliphatic carbocycles. The second kappa shape index (κ2) is 25.2. The Labute approximate surface area is 441 Å². The molecule has 7 aromatic rings. The molecule has 0 radical (unpaired) electrons. The van der Waals surface area contributed by atoms with Gasteiger partial charge in [-0.15, -0.1) is 0 Å². The van der Waals surface area contributed by atoms with Crippen LogP contribution < -0.4 is 43.0 Å². The second-order valence-corrected chi connectivity index (χ2v) is 18.5. The first-order valence-electron chi connectivity index (χ1n) is 25.2. The zero-order chi connectivity index (χ0) is 53.4. The van der Waals surface area contributed by atoms with Crippen LogP contribution in [0.25, 0.3) is 11.4 Å². The molecule has 9 rings (SSSR count). The quantitative estimate of drug-likeness (QED) is 0.0575. The molecular weight excluding hydrogens is 905 g/mol. The van der Waals surface area contributed by atoms with Gasteiger partial charge in [-0.05, 0) is 120 Å². The highest BCUT2D eigenvalue weighted by Crippen LogP contribution is 2.53. The largest absolute Gasteiger partial charge is 0.397 e. The van der Waals surface area contributed by atoms with Crippen molar-refractivity contribution in [3.05, 3.63) is 277 Å². The molecule has 8 nitrogen and oxygen atoms in total. The summed E-state index contributed by atoms with van der Waals surface area (Å²) in [6.45, 7) is 24.1. The van der Waals surface area contributed by atoms with E-state index in [1.807, 2.05) is 113 Å². The van der Waals surface area contributed by atoms with Crippen LogP contribution in [0, 0.1) is 0 Å². The van der Waals surface area contributed by atoms with Crippen molar-refractivity contribution < 1.29 is 0 Å². The first kappa shape index (κ1) is 54.8. The molecule has 0 saturated heterocycles. The molecule has 8 heteroatoms. The summed E-state index contributed by atoms with van der Waals surface area (Å²) in [6, 6.07) is 58.6. The molecule has 0 saturated carbocycles. The van der Waals surface area contributed by atoms with Crippen molar-refractivity contribution in [2.75, 3.05) is 19.8 Å². The van der Waals surface area contributed by atoms with E-state index in [1.165, 1.54) is 55.0 Å². The molecule has 8 N–H and O–H groups in total. The number of hydrazine groups is 2. The summed E-state index contributed by atoms with van der Waals surface area (Å²) in [7, 11) is 0. The van der Waals surface area contributed by atoms with Crippen LogP contribution in [0.4, 0.5) is 45.5 Å². The topological polar surface area (TPSA) is 117 Å². The van der Waals surface area contributed by atoms with Crippen LogP contribution >= 0.6 is 0 Å². The molecule has 0 amide bonds. The van der Waals surface area contributed by atoms with Gasteiger partial charge in [0.05, 0.1) is 45.5 Å². The SMILES string of the molecule is C/C=C\C=C/C.C=C/C=C\C=C.CC.CC1(C)c2ccccc2N(c2ccc(/C(N)=C/N(N)c3ccc(N(N)/C=C(\N)c4ccc(N5c6ccccc6C(C)(C)c6ccccc65)cc4)cc3)cc2)c2ccccc21. The zero-order valence-corrected chi connectivity index (χ0v) is 44.5. The van der Waals surface area contributed by atoms with E-state index >= 15 is 0 Å². The molecule has 0 bridgehead atoms. The number of fused-ring (bicyclic) bond motifs is 4. The third-order valence-electron chi connectivity index (χ3n) is 13.1. The number of rotatable bonds is 11. The molecular formula is C66H74N8. The Hall–Kier alpha value is -8.56. The van der Waals surface area contributed by atoms with Gasteiger partial charge in [0.1, 0.15) is 0 Å². The van der Waals surface area contributed by atoms with Crippen LogP contribution in [0.2, 0.25) is 0 Å². The Morgan fingerprint density at radius 1 is 0.419 bits per heavy atom. The summed E-state index contributed by atoms with van der Waals surface area (Å²) in [5, 5.41) is 3.03. The summed E-state index contributed by atoms with van der Waals surface area (Å²) in [5.41, 5.74) is 29.2. The van der Waals surface area contributed by atoms with Gasteiger partial charge in [0, 0.05) is 34.6 Å². The highest BCUT2D eigenvalue weighted by atomic mass is 15.4. The first-order valence-corrected chi connectivity index (χ1v) is 25.2. The fourth-order valence-electron chi connectivity index (χ4n) is 9.27. The van der Waals surface area contributed by atoms with Gasteiger partial charge in [-0.1, -0.05) is 200 Å². The van der Waals surface area contributed by atoms with E-state index in [-0.39, 0.29) is 10.8 Å². The molecule has 378 valence electrons. The molecule has 2 aliphatic heterocycles. The maximum Gasteiger partial charge on any atom is 0.0570 e. The van der Waals surface area contributed by atoms with Gasteiger partial charge in [0.25, 0.3) is 0 Å². The zero-order valence-electron chi connectivity index (χ0n) is 44.5. The number of hydrogen-bond donors (Lipinski definition) is 4. The van der Waals surface area contributed by atoms with Gasteiger partial charge in [-0.3, -0.25) is 10.0 Å². The Kier molecular flexibility index (Phi) is 18.7. The maximum atomic E-state index is 6.62. The third-order valence-corrected chi connectivity index (χ3v) is 13.1. The molecule has 2 aliphatic rings. The molecule has 0 spiro atoms. The van der Waals surface area contributed by atoms with Crippen LogP contribution in [-0.2, 0) is 10.8 Å². The van der Waals surface area contributed by atoms with Crippen molar-refractivity contribution in [3.8, 4) is 0 Å². The minimum Gasteiger partial charge on any atom is -0.397 e. The minimum atomic E-state index is -0.117. The Balaban J connectivity index is 0.000000566. The van der Waals surface area contributed by atoms with Crippen LogP contribution in [0.1, 0.15) is 88.8 Å². The Morgan fingerprint density at radius 2 is 0.689 bits per heavy atom. The lowest BCUT2D eigenvalue weighted by molar-refractivity contribution is 0.632. The van der Waals surface area contributed by atoms with E-state index < -0.39 is 0 Å². The standard InChI is InChI=1S/C52H50N8.C6H10.C6H8.C2H6/c1-51(2)41-13-5-9-17-47(41)59(48-18-10-6-14-42(48)51)39-25-21-35(22-26-39)45(53)33-57(55)37-29-31-38(32-30-37)58(56)34-46(54)36-23-27-40(28-24-36)60-49-19-11-7-15-43(49)52(3,4)44-16-8-12-20-50(44)60;2*1-3-5-6-4-2;1-2/h5-34H,53-56H2,1-4H3;3-6H,1-2H3;3-6H,1-2H2;1-2H3/b45-33-,46-34-;5-3-,6-4-;6-5-;. The average molecular weight is 979 g/mol. The molecule has 74 heavy (non-hydrogen) atoms. The molecule has 2 heterocycles. The van der Waals surface area contributed by atoms with Gasteiger partial charge >= 0.3 is 0 Å². The molecule has 7 aromatic carbocycles. The number of nitrogens with zero attached hydrogens (tertiary/aromatic N) is 4. The summed E-state index contributed by atoms with van der Waals surface area (Å²) in [4.78, 5) is 4.65. The van der Waals surface area contributed by atoms with Crippen LogP contribution in [0.15, 0.2) is 244 Å². The van der Waals surface area contributed by atoms with Crippen molar-refractivity contribution in [2.45, 2.75) is 66.2 Å². The fraction of sp³-hybridized carbons (Fsp3) is 0.152. The van der Waals surface area contributed by atoms with Gasteiger partial charge in [0.15, 0.2) is 0 Å². The fourth-order valence-corrected chi connectivity index (χ4v) is 9.27. The second-order valence-electron chi connectivity index (χ2n) is 18.5. The summed E-state index contributed by atoms with van der Waals surface area (Å²) >= 11 is 0. The minimum absolute atomic E-state index is 0.117. The highest BCUT2D eigenvalue weighted by molar-refractivity contribution is 5.88. The summed E-state index contributed by atoms with van der Waals surface area (Å²) < 4.78 is 0. The van der Waals surface area contributed by atoms with Crippen molar-refractivity contribution in [1.82, 2.24) is 0 Å². The van der Waals surface area contributed by atoms with Crippen molar-refractivity contribution in [3.63, 3.8) is 0 Å². The Bertz CT molecular complexity index is 2830. The van der Waals surface area contributed by atoms with Gasteiger partial charge in [-0.25, -0.2) is 11.7 Å². The first-order chi connectivity index (χ1) is 35.8. The molecule has 0 fully saturated rings. The number of benzene rings is 7. The lowest BCUT2D eigenvalue weighted by atomic mass is 9.73. The number of nitrogens with two attached hydrogens (primary N) is 4. The lowest BCUT2D eigenvalue weighted by Gasteiger charge is -2.42. The normalized spacial score (nSPS) is 13.9. The predicted octanol–water partition coefficient (Wildman–Crippen LogP) is 16.3. The number of para-hydroxylation sites is 4. The van der Waals surface area contributed by atoms with Crippen LogP contribution in [-0.4, -0.2) is 0 Å². The number of allylic oxidation sites excluding steroid dienone is 8. The lowest BCUT2D eigenvalue weighted by Crippen LogP contribution is -2.30. The van der Waals surface area contributed by atoms with Gasteiger partial charge in [0.2, 0.25) is 0 Å². The van der Waals surface area contributed by atoms with Crippen LogP contribution in [0.5, 0.6) is 0 Å². The maximum absolute atomic E-state index is 6.62. The third kappa shape index (κ3) is 12.0. The van der Waals surface area contributed by atoms with Crippen molar-refractivity contribution in [2.24, 2.45) is 23.2 Å². The summed E-state index contributed by atoms with van der Waals surface area (Å²) in [6.07, 6.45) is 18.5. The van der Waals surface area contributed by atoms with E-state index in [0.29, 0.717) is 11.4 Å². The van der Waals surface area contributed by atoms with Crippen LogP contribution in [0.3, 0.4) is 0 Å².